The summed E-state index contributed by atoms with van der Waals surface area (Å²) in [5.41, 5.74) is 0.910. The van der Waals surface area contributed by atoms with Gasteiger partial charge in [-0.2, -0.15) is 0 Å². The maximum Gasteiger partial charge on any atom is 0.150 e. The molecule has 68 valence electrons. The van der Waals surface area contributed by atoms with Crippen molar-refractivity contribution in [1.29, 1.82) is 0 Å². The molecule has 0 bridgehead atoms. The quantitative estimate of drug-likeness (QED) is 0.728. The summed E-state index contributed by atoms with van der Waals surface area (Å²) in [7, 11) is 0. The topological polar surface area (TPSA) is 30.7 Å². The fraction of sp³-hybridized carbons (Fsp3) is 0.750. The van der Waals surface area contributed by atoms with Gasteiger partial charge in [-0.25, -0.2) is 4.68 Å². The molecule has 1 heterocycles. The summed E-state index contributed by atoms with van der Waals surface area (Å²) in [6.07, 6.45) is 1.96. The minimum Gasteiger partial charge on any atom is -0.231 e. The van der Waals surface area contributed by atoms with E-state index >= 15 is 0 Å². The van der Waals surface area contributed by atoms with Crippen molar-refractivity contribution in [2.45, 2.75) is 39.7 Å². The molecule has 0 aliphatic rings. The Balaban J connectivity index is 2.88. The number of halogens is 1. The molecule has 1 aromatic rings. The van der Waals surface area contributed by atoms with E-state index in [9.17, 15) is 0 Å². The first-order chi connectivity index (χ1) is 5.66. The molecule has 0 aliphatic heterocycles. The first-order valence-corrected chi connectivity index (χ1v) is 4.64. The Hall–Kier alpha value is -0.570. The van der Waals surface area contributed by atoms with E-state index in [1.165, 1.54) is 0 Å². The van der Waals surface area contributed by atoms with Crippen LogP contribution in [-0.2, 0) is 6.42 Å². The molecule has 12 heavy (non-hydrogen) atoms. The van der Waals surface area contributed by atoms with Crippen LogP contribution in [0.1, 0.15) is 38.9 Å². The van der Waals surface area contributed by atoms with Crippen LogP contribution in [0.15, 0.2) is 0 Å². The summed E-state index contributed by atoms with van der Waals surface area (Å²) >= 11 is 6.04. The van der Waals surface area contributed by atoms with Gasteiger partial charge in [-0.05, 0) is 20.3 Å². The molecule has 0 N–H and O–H groups in total. The lowest BCUT2D eigenvalue weighted by Crippen LogP contribution is -2.02. The highest BCUT2D eigenvalue weighted by Crippen LogP contribution is 2.18. The van der Waals surface area contributed by atoms with E-state index in [0.717, 1.165) is 18.5 Å². The van der Waals surface area contributed by atoms with Crippen molar-refractivity contribution in [2.75, 3.05) is 0 Å². The predicted octanol–water partition coefficient (Wildman–Crippen LogP) is 2.46. The van der Waals surface area contributed by atoms with Crippen LogP contribution in [0.4, 0.5) is 0 Å². The van der Waals surface area contributed by atoms with Gasteiger partial charge in [0.05, 0.1) is 0 Å². The van der Waals surface area contributed by atoms with Crippen LogP contribution < -0.4 is 0 Å². The van der Waals surface area contributed by atoms with Gasteiger partial charge in [0.15, 0.2) is 5.15 Å². The highest BCUT2D eigenvalue weighted by molar-refractivity contribution is 6.30. The molecule has 0 unspecified atom stereocenters. The van der Waals surface area contributed by atoms with Gasteiger partial charge in [0.1, 0.15) is 5.69 Å². The van der Waals surface area contributed by atoms with Crippen LogP contribution in [0, 0.1) is 0 Å². The van der Waals surface area contributed by atoms with Gasteiger partial charge in [0.2, 0.25) is 0 Å². The molecule has 0 saturated carbocycles. The van der Waals surface area contributed by atoms with E-state index in [0.29, 0.717) is 5.15 Å². The molecule has 0 aromatic carbocycles. The van der Waals surface area contributed by atoms with Crippen LogP contribution in [0.2, 0.25) is 5.15 Å². The first-order valence-electron chi connectivity index (χ1n) is 4.26. The van der Waals surface area contributed by atoms with Crippen LogP contribution in [-0.4, -0.2) is 15.0 Å². The van der Waals surface area contributed by atoms with Crippen LogP contribution in [0.25, 0.3) is 0 Å². The smallest absolute Gasteiger partial charge is 0.150 e. The Kier molecular flexibility index (Phi) is 3.09. The summed E-state index contributed by atoms with van der Waals surface area (Å²) in [5.74, 6) is 0. The molecule has 0 aliphatic carbocycles. The van der Waals surface area contributed by atoms with E-state index in [-0.39, 0.29) is 6.04 Å². The molecule has 0 fully saturated rings. The number of nitrogens with zero attached hydrogens (tertiary/aromatic N) is 3. The number of hydrogen-bond acceptors (Lipinski definition) is 2. The minimum absolute atomic E-state index is 0.288. The Labute approximate surface area is 77.7 Å². The van der Waals surface area contributed by atoms with Gasteiger partial charge in [-0.15, -0.1) is 5.10 Å². The van der Waals surface area contributed by atoms with Crippen molar-refractivity contribution in [3.63, 3.8) is 0 Å². The first kappa shape index (κ1) is 9.52. The van der Waals surface area contributed by atoms with Crippen LogP contribution >= 0.6 is 11.6 Å². The maximum absolute atomic E-state index is 6.04. The van der Waals surface area contributed by atoms with Gasteiger partial charge in [0.25, 0.3) is 0 Å². The largest absolute Gasteiger partial charge is 0.231 e. The zero-order valence-corrected chi connectivity index (χ0v) is 8.47. The lowest BCUT2D eigenvalue weighted by molar-refractivity contribution is 0.514. The number of aryl methyl sites for hydroxylation is 1. The molecular weight excluding hydrogens is 174 g/mol. The molecule has 1 aromatic heterocycles. The minimum atomic E-state index is 0.288. The molecule has 3 nitrogen and oxygen atoms in total. The highest BCUT2D eigenvalue weighted by Gasteiger charge is 2.10. The Morgan fingerprint density at radius 1 is 1.50 bits per heavy atom. The van der Waals surface area contributed by atoms with E-state index in [2.05, 4.69) is 17.2 Å². The van der Waals surface area contributed by atoms with Crippen LogP contribution in [0.3, 0.4) is 0 Å². The van der Waals surface area contributed by atoms with E-state index in [1.54, 1.807) is 4.68 Å². The van der Waals surface area contributed by atoms with Crippen LogP contribution in [0.5, 0.6) is 0 Å². The van der Waals surface area contributed by atoms with Crippen molar-refractivity contribution in [3.8, 4) is 0 Å². The second-order valence-electron chi connectivity index (χ2n) is 3.12. The standard InChI is InChI=1S/C8H14ClN3/c1-4-5-7-8(9)12(6(2)3)11-10-7/h6H,4-5H2,1-3H3. The molecule has 0 amide bonds. The fourth-order valence-electron chi connectivity index (χ4n) is 1.03. The van der Waals surface area contributed by atoms with Crippen molar-refractivity contribution >= 4 is 11.6 Å². The maximum atomic E-state index is 6.04. The molecule has 4 heteroatoms. The number of rotatable bonds is 3. The summed E-state index contributed by atoms with van der Waals surface area (Å²) in [6.45, 7) is 6.18. The molecular formula is C8H14ClN3. The molecule has 0 atom stereocenters. The highest BCUT2D eigenvalue weighted by atomic mass is 35.5. The molecule has 0 saturated heterocycles. The average molecular weight is 188 g/mol. The third-order valence-electron chi connectivity index (χ3n) is 1.68. The monoisotopic (exact) mass is 187 g/mol. The van der Waals surface area contributed by atoms with Crippen molar-refractivity contribution in [2.24, 2.45) is 0 Å². The SMILES string of the molecule is CCCc1nnn(C(C)C)c1Cl. The van der Waals surface area contributed by atoms with Gasteiger partial charge in [0, 0.05) is 6.04 Å². The average Bonchev–Trinajstić information content (AvgIpc) is 2.34. The second kappa shape index (κ2) is 3.90. The van der Waals surface area contributed by atoms with Gasteiger partial charge >= 0.3 is 0 Å². The predicted molar refractivity (Wildman–Crippen MR) is 49.4 cm³/mol. The normalized spacial score (nSPS) is 11.1. The van der Waals surface area contributed by atoms with Gasteiger partial charge in [-0.1, -0.05) is 30.2 Å². The Morgan fingerprint density at radius 2 is 2.17 bits per heavy atom. The lowest BCUT2D eigenvalue weighted by Gasteiger charge is -2.04. The van der Waals surface area contributed by atoms with E-state index in [4.69, 9.17) is 11.6 Å². The van der Waals surface area contributed by atoms with E-state index < -0.39 is 0 Å². The number of aromatic nitrogens is 3. The zero-order chi connectivity index (χ0) is 9.14. The zero-order valence-electron chi connectivity index (χ0n) is 7.71. The third-order valence-corrected chi connectivity index (χ3v) is 2.07. The third kappa shape index (κ3) is 1.78. The van der Waals surface area contributed by atoms with Gasteiger partial charge < -0.3 is 0 Å². The van der Waals surface area contributed by atoms with Crippen molar-refractivity contribution < 1.29 is 0 Å². The lowest BCUT2D eigenvalue weighted by atomic mass is 10.3. The molecule has 0 spiro atoms. The number of hydrogen-bond donors (Lipinski definition) is 0. The fourth-order valence-corrected chi connectivity index (χ4v) is 1.40. The second-order valence-corrected chi connectivity index (χ2v) is 3.47. The molecule has 1 rings (SSSR count). The summed E-state index contributed by atoms with van der Waals surface area (Å²) in [6, 6.07) is 0.288. The van der Waals surface area contributed by atoms with E-state index in [1.807, 2.05) is 13.8 Å². The Morgan fingerprint density at radius 3 is 2.58 bits per heavy atom. The van der Waals surface area contributed by atoms with Crippen molar-refractivity contribution in [1.82, 2.24) is 15.0 Å². The Bertz CT molecular complexity index is 255. The molecule has 0 radical (unpaired) electrons. The summed E-state index contributed by atoms with van der Waals surface area (Å²) < 4.78 is 1.74. The van der Waals surface area contributed by atoms with Crippen molar-refractivity contribution in [3.05, 3.63) is 10.8 Å². The van der Waals surface area contributed by atoms with Gasteiger partial charge in [-0.3, -0.25) is 0 Å². The summed E-state index contributed by atoms with van der Waals surface area (Å²) in [5, 5.41) is 8.66. The summed E-state index contributed by atoms with van der Waals surface area (Å²) in [4.78, 5) is 0.